The van der Waals surface area contributed by atoms with E-state index in [9.17, 15) is 22.4 Å². The first kappa shape index (κ1) is 29.0. The molecule has 1 amide bonds. The first-order valence-electron chi connectivity index (χ1n) is 13.5. The molecule has 1 saturated heterocycles. The summed E-state index contributed by atoms with van der Waals surface area (Å²) in [5, 5.41) is 24.0. The SMILES string of the molecule is CCCN1CC(n2nnc(Cn3cc(NC(=O)c4cnn5cccnc45)c(-c4cc(OC(F)F)ccc4OC(F)F)n3)n2)C1. The fourth-order valence-electron chi connectivity index (χ4n) is 4.84. The van der Waals surface area contributed by atoms with Crippen molar-refractivity contribution < 1.29 is 31.8 Å². The van der Waals surface area contributed by atoms with Crippen LogP contribution in [0.1, 0.15) is 35.6 Å². The Morgan fingerprint density at radius 3 is 2.73 bits per heavy atom. The first-order chi connectivity index (χ1) is 21.3. The molecule has 0 unspecified atom stereocenters. The summed E-state index contributed by atoms with van der Waals surface area (Å²) in [5.74, 6) is -1.05. The number of alkyl halides is 4. The van der Waals surface area contributed by atoms with E-state index in [0.29, 0.717) is 5.82 Å². The van der Waals surface area contributed by atoms with Gasteiger partial charge in [0.25, 0.3) is 5.91 Å². The Morgan fingerprint density at radius 2 is 1.95 bits per heavy atom. The van der Waals surface area contributed by atoms with Crippen molar-refractivity contribution in [2.75, 3.05) is 25.0 Å². The number of carbonyl (C=O) groups is 1. The van der Waals surface area contributed by atoms with Crippen molar-refractivity contribution in [1.29, 1.82) is 0 Å². The van der Waals surface area contributed by atoms with Crippen molar-refractivity contribution in [1.82, 2.24) is 49.5 Å². The molecule has 0 saturated carbocycles. The number of rotatable bonds is 12. The van der Waals surface area contributed by atoms with Crippen LogP contribution in [0.25, 0.3) is 16.9 Å². The molecule has 1 aromatic carbocycles. The van der Waals surface area contributed by atoms with Crippen LogP contribution in [0.15, 0.2) is 49.1 Å². The van der Waals surface area contributed by atoms with Crippen LogP contribution in [0.5, 0.6) is 11.5 Å². The Kier molecular flexibility index (Phi) is 8.05. The molecule has 1 N–H and O–H groups in total. The monoisotopic (exact) mass is 615 g/mol. The van der Waals surface area contributed by atoms with E-state index in [-0.39, 0.29) is 52.2 Å². The number of anilines is 1. The number of likely N-dealkylation sites (tertiary alicyclic amines) is 1. The van der Waals surface area contributed by atoms with Gasteiger partial charge in [0, 0.05) is 31.7 Å². The number of aromatic nitrogens is 9. The molecular weight excluding hydrogens is 590 g/mol. The van der Waals surface area contributed by atoms with E-state index in [4.69, 9.17) is 0 Å². The summed E-state index contributed by atoms with van der Waals surface area (Å²) in [4.78, 5) is 21.3. The van der Waals surface area contributed by atoms with Gasteiger partial charge in [0.2, 0.25) is 0 Å². The van der Waals surface area contributed by atoms with E-state index in [0.717, 1.165) is 44.3 Å². The molecule has 1 aliphatic rings. The second-order valence-electron chi connectivity index (χ2n) is 9.84. The lowest BCUT2D eigenvalue weighted by Gasteiger charge is -2.37. The number of nitrogens with one attached hydrogen (secondary N) is 1. The van der Waals surface area contributed by atoms with Crippen LogP contribution in [0.3, 0.4) is 0 Å². The van der Waals surface area contributed by atoms with Gasteiger partial charge in [-0.25, -0.2) is 9.50 Å². The predicted octanol–water partition coefficient (Wildman–Crippen LogP) is 3.35. The van der Waals surface area contributed by atoms with Crippen molar-refractivity contribution >= 4 is 17.2 Å². The van der Waals surface area contributed by atoms with Crippen molar-refractivity contribution in [3.63, 3.8) is 0 Å². The average Bonchev–Trinajstić information content (AvgIpc) is 3.70. The summed E-state index contributed by atoms with van der Waals surface area (Å²) in [6.45, 7) is -1.74. The zero-order valence-electron chi connectivity index (χ0n) is 23.1. The van der Waals surface area contributed by atoms with E-state index in [1.54, 1.807) is 12.3 Å². The second kappa shape index (κ2) is 12.2. The standard InChI is InChI=1S/C26H25F4N11O3/c1-2-7-38-11-15(12-38)41-35-21(34-37-41)14-39-13-19(33-24(42)18-10-32-40-8-3-6-31-23(18)40)22(36-39)17-9-16(43-25(27)28)4-5-20(17)44-26(29)30/h3-6,8-10,13,15,25-26H,2,7,11-12,14H2,1H3,(H,33,42). The Morgan fingerprint density at radius 1 is 1.14 bits per heavy atom. The van der Waals surface area contributed by atoms with Crippen molar-refractivity contribution in [2.45, 2.75) is 39.2 Å². The second-order valence-corrected chi connectivity index (χ2v) is 9.84. The fraction of sp³-hybridized carbons (Fsp3) is 0.346. The van der Waals surface area contributed by atoms with Gasteiger partial charge < -0.3 is 14.8 Å². The van der Waals surface area contributed by atoms with Crippen LogP contribution < -0.4 is 14.8 Å². The minimum Gasteiger partial charge on any atom is -0.435 e. The van der Waals surface area contributed by atoms with Gasteiger partial charge >= 0.3 is 13.2 Å². The number of ether oxygens (including phenoxy) is 2. The fourth-order valence-corrected chi connectivity index (χ4v) is 4.84. The number of benzene rings is 1. The molecule has 0 atom stereocenters. The van der Waals surface area contributed by atoms with Crippen LogP contribution >= 0.6 is 0 Å². The third-order valence-electron chi connectivity index (χ3n) is 6.76. The minimum absolute atomic E-state index is 0.00913. The van der Waals surface area contributed by atoms with Gasteiger partial charge in [-0.2, -0.15) is 32.6 Å². The molecule has 5 aromatic rings. The number of halogens is 4. The largest absolute Gasteiger partial charge is 0.435 e. The molecule has 0 bridgehead atoms. The number of fused-ring (bicyclic) bond motifs is 1. The van der Waals surface area contributed by atoms with Gasteiger partial charge in [-0.15, -0.1) is 10.2 Å². The zero-order valence-corrected chi connectivity index (χ0v) is 23.1. The first-order valence-corrected chi connectivity index (χ1v) is 13.5. The highest BCUT2D eigenvalue weighted by molar-refractivity contribution is 6.09. The molecule has 5 heterocycles. The van der Waals surface area contributed by atoms with Crippen LogP contribution in [0.4, 0.5) is 23.2 Å². The molecule has 1 aliphatic heterocycles. The molecule has 6 rings (SSSR count). The maximum Gasteiger partial charge on any atom is 0.387 e. The lowest BCUT2D eigenvalue weighted by Crippen LogP contribution is -2.48. The summed E-state index contributed by atoms with van der Waals surface area (Å²) in [6, 6.07) is 4.89. The van der Waals surface area contributed by atoms with Gasteiger partial charge in [0.15, 0.2) is 11.5 Å². The minimum atomic E-state index is -3.24. The van der Waals surface area contributed by atoms with E-state index in [1.165, 1.54) is 32.6 Å². The number of carbonyl (C=O) groups excluding carboxylic acids is 1. The molecule has 14 nitrogen and oxygen atoms in total. The summed E-state index contributed by atoms with van der Waals surface area (Å²) in [5.41, 5.74) is 0.213. The molecule has 0 radical (unpaired) electrons. The average molecular weight is 616 g/mol. The van der Waals surface area contributed by atoms with Crippen LogP contribution in [0, 0.1) is 0 Å². The third-order valence-corrected chi connectivity index (χ3v) is 6.76. The highest BCUT2D eigenvalue weighted by atomic mass is 19.3. The highest BCUT2D eigenvalue weighted by Crippen LogP contribution is 2.38. The molecule has 0 spiro atoms. The Balaban J connectivity index is 1.34. The van der Waals surface area contributed by atoms with Crippen LogP contribution in [0.2, 0.25) is 0 Å². The van der Waals surface area contributed by atoms with Crippen molar-refractivity contribution in [3.8, 4) is 22.8 Å². The van der Waals surface area contributed by atoms with Gasteiger partial charge in [-0.05, 0) is 42.4 Å². The Labute approximate surface area is 246 Å². The normalized spacial score (nSPS) is 14.0. The van der Waals surface area contributed by atoms with Gasteiger partial charge in [-0.1, -0.05) is 6.92 Å². The Bertz CT molecular complexity index is 1770. The maximum atomic E-state index is 13.3. The van der Waals surface area contributed by atoms with Crippen molar-refractivity contribution in [3.05, 3.63) is 60.4 Å². The molecule has 230 valence electrons. The van der Waals surface area contributed by atoms with Gasteiger partial charge in [0.05, 0.1) is 23.5 Å². The van der Waals surface area contributed by atoms with E-state index >= 15 is 0 Å². The molecule has 1 fully saturated rings. The van der Waals surface area contributed by atoms with E-state index in [2.05, 4.69) is 57.2 Å². The van der Waals surface area contributed by atoms with Crippen LogP contribution in [-0.4, -0.2) is 88.3 Å². The topological polar surface area (TPSA) is 142 Å². The summed E-state index contributed by atoms with van der Waals surface area (Å²) >= 11 is 0. The van der Waals surface area contributed by atoms with Crippen molar-refractivity contribution in [2.24, 2.45) is 0 Å². The van der Waals surface area contributed by atoms with Crippen LogP contribution in [-0.2, 0) is 6.54 Å². The van der Waals surface area contributed by atoms with E-state index in [1.807, 2.05) is 0 Å². The lowest BCUT2D eigenvalue weighted by molar-refractivity contribution is -0.0526. The number of hydrogen-bond acceptors (Lipinski definition) is 10. The lowest BCUT2D eigenvalue weighted by atomic mass is 10.1. The Hall–Kier alpha value is -5.13. The summed E-state index contributed by atoms with van der Waals surface area (Å²) < 4.78 is 64.5. The molecule has 44 heavy (non-hydrogen) atoms. The molecule has 4 aromatic heterocycles. The smallest absolute Gasteiger partial charge is 0.387 e. The quantitative estimate of drug-likeness (QED) is 0.208. The third kappa shape index (κ3) is 6.14. The number of tetrazole rings is 1. The van der Waals surface area contributed by atoms with Gasteiger partial charge in [0.1, 0.15) is 29.3 Å². The van der Waals surface area contributed by atoms with Gasteiger partial charge in [-0.3, -0.25) is 14.4 Å². The maximum absolute atomic E-state index is 13.3. The van der Waals surface area contributed by atoms with E-state index < -0.39 is 19.1 Å². The molecule has 0 aliphatic carbocycles. The number of hydrogen-bond donors (Lipinski definition) is 1. The zero-order chi connectivity index (χ0) is 30.8. The summed E-state index contributed by atoms with van der Waals surface area (Å²) in [7, 11) is 0. The predicted molar refractivity (Wildman–Crippen MR) is 145 cm³/mol. The highest BCUT2D eigenvalue weighted by Gasteiger charge is 2.30. The summed E-state index contributed by atoms with van der Waals surface area (Å²) in [6.07, 6.45) is 6.88. The molecule has 18 heteroatoms. The number of nitrogens with zero attached hydrogens (tertiary/aromatic N) is 10. The molecular formula is C26H25F4N11O3. The number of amides is 1.